The molecule has 0 bridgehead atoms. The molecular formula is C9H6BrN3. The molecule has 0 aliphatic carbocycles. The van der Waals surface area contributed by atoms with Crippen molar-refractivity contribution < 1.29 is 2.74 Å². The molecule has 0 fully saturated rings. The largest absolute Gasteiger partial charge is 0.225 e. The van der Waals surface area contributed by atoms with E-state index in [4.69, 9.17) is 2.74 Å². The maximum absolute atomic E-state index is 7.28. The van der Waals surface area contributed by atoms with Gasteiger partial charge in [0, 0.05) is 10.0 Å². The maximum Gasteiger partial charge on any atom is 0.162 e. The molecule has 0 amide bonds. The summed E-state index contributed by atoms with van der Waals surface area (Å²) in [5.74, 6) is 0.354. The van der Waals surface area contributed by atoms with Crippen molar-refractivity contribution in [3.8, 4) is 11.4 Å². The lowest BCUT2D eigenvalue weighted by Gasteiger charge is -1.97. The summed E-state index contributed by atoms with van der Waals surface area (Å²) in [5.41, 5.74) is 0.766. The molecule has 1 aromatic carbocycles. The average Bonchev–Trinajstić information content (AvgIpc) is 2.17. The van der Waals surface area contributed by atoms with E-state index in [0.717, 1.165) is 10.0 Å². The van der Waals surface area contributed by atoms with Crippen LogP contribution in [0.5, 0.6) is 0 Å². The molecule has 0 radical (unpaired) electrons. The molecule has 0 spiro atoms. The van der Waals surface area contributed by atoms with Gasteiger partial charge in [-0.15, -0.1) is 0 Å². The van der Waals surface area contributed by atoms with E-state index >= 15 is 0 Å². The van der Waals surface area contributed by atoms with Crippen LogP contribution in [0.25, 0.3) is 11.4 Å². The van der Waals surface area contributed by atoms with E-state index in [0.29, 0.717) is 5.82 Å². The second kappa shape index (κ2) is 3.62. The van der Waals surface area contributed by atoms with Crippen molar-refractivity contribution in [1.82, 2.24) is 15.0 Å². The van der Waals surface area contributed by atoms with Gasteiger partial charge in [-0.1, -0.05) is 28.1 Å². The van der Waals surface area contributed by atoms with Crippen LogP contribution in [0, 0.1) is 0 Å². The zero-order valence-electron chi connectivity index (χ0n) is 8.53. The fourth-order valence-electron chi connectivity index (χ4n) is 0.920. The van der Waals surface area contributed by atoms with E-state index < -0.39 is 0 Å². The van der Waals surface area contributed by atoms with Crippen LogP contribution in [-0.2, 0) is 0 Å². The Bertz CT molecular complexity index is 467. The van der Waals surface area contributed by atoms with Crippen molar-refractivity contribution in [2.75, 3.05) is 0 Å². The van der Waals surface area contributed by atoms with E-state index in [1.165, 1.54) is 0 Å². The van der Waals surface area contributed by atoms with Gasteiger partial charge in [-0.05, 0) is 12.1 Å². The van der Waals surface area contributed by atoms with Crippen molar-refractivity contribution in [3.63, 3.8) is 0 Å². The Labute approximate surface area is 86.8 Å². The number of halogens is 1. The molecule has 4 heteroatoms. The van der Waals surface area contributed by atoms with Gasteiger partial charge < -0.3 is 0 Å². The van der Waals surface area contributed by atoms with Gasteiger partial charge in [-0.2, -0.15) is 0 Å². The van der Waals surface area contributed by atoms with Crippen LogP contribution in [0.2, 0.25) is 0 Å². The van der Waals surface area contributed by atoms with Crippen molar-refractivity contribution in [2.45, 2.75) is 0 Å². The lowest BCUT2D eigenvalue weighted by molar-refractivity contribution is 1.06. The predicted molar refractivity (Wildman–Crippen MR) is 53.0 cm³/mol. The molecule has 1 aromatic heterocycles. The van der Waals surface area contributed by atoms with Crippen LogP contribution in [0.3, 0.4) is 0 Å². The first-order chi connectivity index (χ1) is 7.15. The predicted octanol–water partition coefficient (Wildman–Crippen LogP) is 2.30. The fourth-order valence-corrected chi connectivity index (χ4v) is 1.18. The molecule has 0 aliphatic heterocycles. The van der Waals surface area contributed by atoms with Gasteiger partial charge in [0.25, 0.3) is 0 Å². The van der Waals surface area contributed by atoms with Gasteiger partial charge in [-0.25, -0.2) is 15.0 Å². The minimum atomic E-state index is -0.187. The summed E-state index contributed by atoms with van der Waals surface area (Å²) in [7, 11) is 0. The average molecular weight is 238 g/mol. The monoisotopic (exact) mass is 237 g/mol. The summed E-state index contributed by atoms with van der Waals surface area (Å²) in [4.78, 5) is 11.2. The molecule has 2 rings (SSSR count). The highest BCUT2D eigenvalue weighted by molar-refractivity contribution is 9.10. The van der Waals surface area contributed by atoms with Crippen LogP contribution < -0.4 is 0 Å². The molecule has 0 atom stereocenters. The van der Waals surface area contributed by atoms with Crippen LogP contribution >= 0.6 is 15.9 Å². The van der Waals surface area contributed by atoms with E-state index in [2.05, 4.69) is 30.9 Å². The Morgan fingerprint density at radius 1 is 1.08 bits per heavy atom. The molecule has 0 unspecified atom stereocenters. The lowest BCUT2D eigenvalue weighted by atomic mass is 10.2. The molecule has 0 N–H and O–H groups in total. The highest BCUT2D eigenvalue weighted by atomic mass is 79.9. The van der Waals surface area contributed by atoms with E-state index in [9.17, 15) is 0 Å². The molecule has 64 valence electrons. The zero-order chi connectivity index (χ0) is 10.8. The standard InChI is InChI=1S/C9H6BrN3/c10-8-3-1-7(2-4-8)9-12-5-11-6-13-9/h1-6H/i5D,6D. The van der Waals surface area contributed by atoms with Gasteiger partial charge in [0.1, 0.15) is 15.3 Å². The van der Waals surface area contributed by atoms with Gasteiger partial charge in [0.15, 0.2) is 5.82 Å². The van der Waals surface area contributed by atoms with Crippen molar-refractivity contribution >= 4 is 15.9 Å². The molecule has 0 saturated carbocycles. The van der Waals surface area contributed by atoms with E-state index in [1.54, 1.807) is 0 Å². The third kappa shape index (κ3) is 1.89. The van der Waals surface area contributed by atoms with Crippen LogP contribution in [0.4, 0.5) is 0 Å². The summed E-state index contributed by atoms with van der Waals surface area (Å²) in [6.45, 7) is 0. The highest BCUT2D eigenvalue weighted by Gasteiger charge is 1.98. The number of benzene rings is 1. The van der Waals surface area contributed by atoms with Crippen molar-refractivity contribution in [2.24, 2.45) is 0 Å². The minimum absolute atomic E-state index is 0.187. The summed E-state index contributed by atoms with van der Waals surface area (Å²) in [6.07, 6.45) is -0.374. The van der Waals surface area contributed by atoms with Gasteiger partial charge in [0.2, 0.25) is 0 Å². The first-order valence-corrected chi connectivity index (χ1v) is 4.39. The van der Waals surface area contributed by atoms with Gasteiger partial charge >= 0.3 is 0 Å². The second-order valence-corrected chi connectivity index (χ2v) is 3.28. The first-order valence-electron chi connectivity index (χ1n) is 4.60. The SMILES string of the molecule is [2H]c1nc([2H])nc(-c2ccc(Br)cc2)n1. The minimum Gasteiger partial charge on any atom is -0.225 e. The highest BCUT2D eigenvalue weighted by Crippen LogP contribution is 2.16. The Kier molecular flexibility index (Phi) is 1.73. The third-order valence-electron chi connectivity index (χ3n) is 1.51. The molecule has 2 aromatic rings. The zero-order valence-corrected chi connectivity index (χ0v) is 8.12. The smallest absolute Gasteiger partial charge is 0.162 e. The molecule has 0 aliphatic rings. The number of aromatic nitrogens is 3. The summed E-state index contributed by atoms with van der Waals surface area (Å²) in [5, 5.41) is 0. The van der Waals surface area contributed by atoms with Gasteiger partial charge in [0.05, 0.1) is 0 Å². The molecule has 3 nitrogen and oxygen atoms in total. The Hall–Kier alpha value is -1.29. The number of rotatable bonds is 1. The Balaban J connectivity index is 2.49. The molecule has 1 heterocycles. The molecular weight excluding hydrogens is 230 g/mol. The van der Waals surface area contributed by atoms with Crippen molar-refractivity contribution in [1.29, 1.82) is 0 Å². The van der Waals surface area contributed by atoms with E-state index in [-0.39, 0.29) is 12.6 Å². The van der Waals surface area contributed by atoms with Gasteiger partial charge in [-0.3, -0.25) is 0 Å². The van der Waals surface area contributed by atoms with Crippen molar-refractivity contribution in [3.05, 3.63) is 41.3 Å². The third-order valence-corrected chi connectivity index (χ3v) is 2.04. The summed E-state index contributed by atoms with van der Waals surface area (Å²) < 4.78 is 15.5. The summed E-state index contributed by atoms with van der Waals surface area (Å²) >= 11 is 3.32. The lowest BCUT2D eigenvalue weighted by Crippen LogP contribution is -1.87. The molecule has 0 saturated heterocycles. The van der Waals surface area contributed by atoms with Crippen LogP contribution in [-0.4, -0.2) is 15.0 Å². The second-order valence-electron chi connectivity index (χ2n) is 2.37. The number of nitrogens with zero attached hydrogens (tertiary/aromatic N) is 3. The molecule has 13 heavy (non-hydrogen) atoms. The number of hydrogen-bond acceptors (Lipinski definition) is 3. The Morgan fingerprint density at radius 2 is 1.69 bits per heavy atom. The first kappa shape index (κ1) is 6.21. The fraction of sp³-hybridized carbons (Fsp3) is 0. The summed E-state index contributed by atoms with van der Waals surface area (Å²) in [6, 6.07) is 7.34. The topological polar surface area (TPSA) is 38.7 Å². The van der Waals surface area contributed by atoms with E-state index in [1.807, 2.05) is 24.3 Å². The number of hydrogen-bond donors (Lipinski definition) is 0. The normalized spacial score (nSPS) is 12.1. The maximum atomic E-state index is 7.28. The Morgan fingerprint density at radius 3 is 2.31 bits per heavy atom. The van der Waals surface area contributed by atoms with Crippen LogP contribution in [0.15, 0.2) is 41.3 Å². The quantitative estimate of drug-likeness (QED) is 0.765. The van der Waals surface area contributed by atoms with Crippen LogP contribution in [0.1, 0.15) is 2.74 Å².